The van der Waals surface area contributed by atoms with E-state index in [4.69, 9.17) is 0 Å². The second-order valence-electron chi connectivity index (χ2n) is 7.85. The van der Waals surface area contributed by atoms with Crippen molar-refractivity contribution in [2.45, 2.75) is 20.4 Å². The van der Waals surface area contributed by atoms with E-state index in [0.29, 0.717) is 17.0 Å². The highest BCUT2D eigenvalue weighted by molar-refractivity contribution is 6.35. The molecule has 1 fully saturated rings. The van der Waals surface area contributed by atoms with Crippen LogP contribution in [0.25, 0.3) is 5.57 Å². The minimum atomic E-state index is -0.235. The Bertz CT molecular complexity index is 976. The van der Waals surface area contributed by atoms with Crippen LogP contribution >= 0.6 is 0 Å². The highest BCUT2D eigenvalue weighted by Gasteiger charge is 2.42. The minimum absolute atomic E-state index is 0.185. The van der Waals surface area contributed by atoms with Crippen LogP contribution in [0.3, 0.4) is 0 Å². The van der Waals surface area contributed by atoms with Crippen LogP contribution < -0.4 is 0 Å². The number of amides is 2. The van der Waals surface area contributed by atoms with E-state index in [1.807, 2.05) is 44.2 Å². The maximum absolute atomic E-state index is 13.5. The van der Waals surface area contributed by atoms with Gasteiger partial charge in [-0.05, 0) is 44.2 Å². The quantitative estimate of drug-likeness (QED) is 0.750. The minimum Gasteiger partial charge on any atom is -0.364 e. The van der Waals surface area contributed by atoms with Crippen LogP contribution in [0, 0.1) is 13.8 Å². The predicted molar refractivity (Wildman–Crippen MR) is 112 cm³/mol. The molecule has 2 aromatic rings. The van der Waals surface area contributed by atoms with Crippen LogP contribution in [0.1, 0.15) is 22.4 Å². The molecule has 0 spiro atoms. The van der Waals surface area contributed by atoms with Crippen LogP contribution in [0.5, 0.6) is 0 Å². The Labute approximate surface area is 171 Å². The van der Waals surface area contributed by atoms with Gasteiger partial charge in [0, 0.05) is 32.4 Å². The molecule has 1 aromatic heterocycles. The van der Waals surface area contributed by atoms with Gasteiger partial charge in [-0.3, -0.25) is 19.5 Å². The number of carbonyl (C=O) groups excluding carboxylic acids is 2. The van der Waals surface area contributed by atoms with E-state index in [9.17, 15) is 9.59 Å². The maximum atomic E-state index is 13.5. The summed E-state index contributed by atoms with van der Waals surface area (Å²) in [6.45, 7) is 7.41. The average molecular weight is 390 g/mol. The molecule has 3 heterocycles. The first-order valence-electron chi connectivity index (χ1n) is 9.97. The number of imide groups is 1. The summed E-state index contributed by atoms with van der Waals surface area (Å²) in [6.07, 6.45) is 1.68. The van der Waals surface area contributed by atoms with Crippen LogP contribution in [-0.4, -0.2) is 64.7 Å². The van der Waals surface area contributed by atoms with Gasteiger partial charge in [0.2, 0.25) is 0 Å². The normalized spacial score (nSPS) is 18.2. The van der Waals surface area contributed by atoms with Gasteiger partial charge in [-0.25, -0.2) is 0 Å². The molecule has 6 heteroatoms. The fraction of sp³-hybridized carbons (Fsp3) is 0.348. The number of hydrogen-bond donors (Lipinski definition) is 0. The number of nitrogens with zero attached hydrogens (tertiary/aromatic N) is 4. The first-order valence-corrected chi connectivity index (χ1v) is 9.97. The lowest BCUT2D eigenvalue weighted by Crippen LogP contribution is -2.46. The Morgan fingerprint density at radius 2 is 1.72 bits per heavy atom. The van der Waals surface area contributed by atoms with Crippen molar-refractivity contribution in [1.29, 1.82) is 0 Å². The van der Waals surface area contributed by atoms with E-state index < -0.39 is 0 Å². The van der Waals surface area contributed by atoms with Gasteiger partial charge in [0.05, 0.1) is 17.8 Å². The van der Waals surface area contributed by atoms with Gasteiger partial charge in [-0.2, -0.15) is 0 Å². The van der Waals surface area contributed by atoms with Crippen molar-refractivity contribution in [3.63, 3.8) is 0 Å². The number of aromatic nitrogens is 1. The van der Waals surface area contributed by atoms with E-state index in [1.54, 1.807) is 6.20 Å². The highest BCUT2D eigenvalue weighted by Crippen LogP contribution is 2.34. The zero-order chi connectivity index (χ0) is 20.5. The number of benzene rings is 1. The fourth-order valence-electron chi connectivity index (χ4n) is 4.02. The molecule has 2 aliphatic rings. The molecule has 0 unspecified atom stereocenters. The van der Waals surface area contributed by atoms with Crippen LogP contribution in [0.15, 0.2) is 48.3 Å². The molecule has 0 aliphatic carbocycles. The molecule has 2 aliphatic heterocycles. The Balaban J connectivity index is 1.76. The lowest BCUT2D eigenvalue weighted by atomic mass is 9.97. The molecule has 0 saturated carbocycles. The molecule has 150 valence electrons. The highest BCUT2D eigenvalue weighted by atomic mass is 16.2. The first kappa shape index (κ1) is 19.3. The summed E-state index contributed by atoms with van der Waals surface area (Å²) in [5.74, 6) is -0.457. The van der Waals surface area contributed by atoms with Crippen molar-refractivity contribution in [1.82, 2.24) is 19.7 Å². The molecule has 0 atom stereocenters. The van der Waals surface area contributed by atoms with Gasteiger partial charge in [0.25, 0.3) is 11.8 Å². The molecule has 29 heavy (non-hydrogen) atoms. The van der Waals surface area contributed by atoms with Gasteiger partial charge in [-0.1, -0.05) is 29.8 Å². The van der Waals surface area contributed by atoms with Gasteiger partial charge in [0.1, 0.15) is 5.70 Å². The molecule has 1 saturated heterocycles. The van der Waals surface area contributed by atoms with Gasteiger partial charge in [-0.15, -0.1) is 0 Å². The number of rotatable bonds is 4. The van der Waals surface area contributed by atoms with Crippen molar-refractivity contribution in [2.24, 2.45) is 0 Å². The van der Waals surface area contributed by atoms with Crippen LogP contribution in [0.2, 0.25) is 0 Å². The zero-order valence-electron chi connectivity index (χ0n) is 17.2. The third kappa shape index (κ3) is 3.68. The van der Waals surface area contributed by atoms with Crippen molar-refractivity contribution in [3.8, 4) is 0 Å². The van der Waals surface area contributed by atoms with E-state index in [0.717, 1.165) is 42.9 Å². The molecule has 6 nitrogen and oxygen atoms in total. The molecule has 4 rings (SSSR count). The first-order chi connectivity index (χ1) is 14.0. The summed E-state index contributed by atoms with van der Waals surface area (Å²) in [4.78, 5) is 36.8. The Kier molecular flexibility index (Phi) is 5.20. The standard InChI is InChI=1S/C23H26N4O2/c1-16-7-8-19(17(2)14-16)20-21(26-12-10-25(3)11-13-26)23(29)27(22(20)28)15-18-6-4-5-9-24-18/h4-9,14H,10-13,15H2,1-3H3. The summed E-state index contributed by atoms with van der Waals surface area (Å²) in [5.41, 5.74) is 4.74. The largest absolute Gasteiger partial charge is 0.364 e. The SMILES string of the molecule is Cc1ccc(C2=C(N3CCN(C)CC3)C(=O)N(Cc3ccccn3)C2=O)c(C)c1. The Hall–Kier alpha value is -2.99. The third-order valence-electron chi connectivity index (χ3n) is 5.66. The number of hydrogen-bond acceptors (Lipinski definition) is 5. The van der Waals surface area contributed by atoms with Crippen molar-refractivity contribution in [2.75, 3.05) is 33.2 Å². The summed E-state index contributed by atoms with van der Waals surface area (Å²) in [7, 11) is 2.08. The average Bonchev–Trinajstić information content (AvgIpc) is 2.94. The van der Waals surface area contributed by atoms with E-state index >= 15 is 0 Å². The fourth-order valence-corrected chi connectivity index (χ4v) is 4.02. The Morgan fingerprint density at radius 1 is 0.966 bits per heavy atom. The number of carbonyl (C=O) groups is 2. The van der Waals surface area contributed by atoms with Crippen LogP contribution in [-0.2, 0) is 16.1 Å². The number of piperazine rings is 1. The number of aryl methyl sites for hydroxylation is 2. The predicted octanol–water partition coefficient (Wildman–Crippen LogP) is 2.23. The molecule has 0 bridgehead atoms. The summed E-state index contributed by atoms with van der Waals surface area (Å²) >= 11 is 0. The molecule has 2 amide bonds. The van der Waals surface area contributed by atoms with E-state index in [-0.39, 0.29) is 18.4 Å². The van der Waals surface area contributed by atoms with Crippen LogP contribution in [0.4, 0.5) is 0 Å². The molecular weight excluding hydrogens is 364 g/mol. The molecule has 1 aromatic carbocycles. The monoisotopic (exact) mass is 390 g/mol. The summed E-state index contributed by atoms with van der Waals surface area (Å²) in [6, 6.07) is 11.6. The number of likely N-dealkylation sites (N-methyl/N-ethyl adjacent to an activating group) is 1. The van der Waals surface area contributed by atoms with Gasteiger partial charge >= 0.3 is 0 Å². The summed E-state index contributed by atoms with van der Waals surface area (Å²) in [5, 5.41) is 0. The van der Waals surface area contributed by atoms with E-state index in [1.165, 1.54) is 4.90 Å². The molecular formula is C23H26N4O2. The zero-order valence-corrected chi connectivity index (χ0v) is 17.2. The maximum Gasteiger partial charge on any atom is 0.278 e. The summed E-state index contributed by atoms with van der Waals surface area (Å²) < 4.78 is 0. The van der Waals surface area contributed by atoms with Crippen molar-refractivity contribution < 1.29 is 9.59 Å². The Morgan fingerprint density at radius 3 is 2.38 bits per heavy atom. The van der Waals surface area contributed by atoms with Gasteiger partial charge < -0.3 is 9.80 Å². The second kappa shape index (κ2) is 7.79. The van der Waals surface area contributed by atoms with Gasteiger partial charge in [0.15, 0.2) is 0 Å². The van der Waals surface area contributed by atoms with Crippen molar-refractivity contribution in [3.05, 3.63) is 70.7 Å². The molecule has 0 N–H and O–H groups in total. The third-order valence-corrected chi connectivity index (χ3v) is 5.66. The van der Waals surface area contributed by atoms with Crippen molar-refractivity contribution >= 4 is 17.4 Å². The van der Waals surface area contributed by atoms with E-state index in [2.05, 4.69) is 27.9 Å². The molecule has 0 radical (unpaired) electrons. The number of pyridine rings is 1. The lowest BCUT2D eigenvalue weighted by molar-refractivity contribution is -0.138. The topological polar surface area (TPSA) is 56.8 Å². The smallest absolute Gasteiger partial charge is 0.278 e. The lowest BCUT2D eigenvalue weighted by Gasteiger charge is -2.34. The second-order valence-corrected chi connectivity index (χ2v) is 7.85.